The number of ether oxygens (including phenoxy) is 1. The molecule has 0 saturated carbocycles. The zero-order chi connectivity index (χ0) is 25.3. The Morgan fingerprint density at radius 2 is 1.89 bits per heavy atom. The minimum absolute atomic E-state index is 0.182. The summed E-state index contributed by atoms with van der Waals surface area (Å²) < 4.78 is 45.8. The molecule has 0 aliphatic carbocycles. The average Bonchev–Trinajstić information content (AvgIpc) is 2.88. The highest BCUT2D eigenvalue weighted by atomic mass is 19.4. The first-order valence-electron chi connectivity index (χ1n) is 11.8. The summed E-state index contributed by atoms with van der Waals surface area (Å²) in [6.07, 6.45) is -0.0710. The number of carbonyl (C=O) groups excluding carboxylic acids is 2. The first-order chi connectivity index (χ1) is 17.3. The van der Waals surface area contributed by atoms with Crippen LogP contribution in [0.4, 0.5) is 24.5 Å². The van der Waals surface area contributed by atoms with E-state index in [-0.39, 0.29) is 24.1 Å². The van der Waals surface area contributed by atoms with Crippen molar-refractivity contribution in [1.29, 1.82) is 0 Å². The average molecular weight is 496 g/mol. The Kier molecular flexibility index (Phi) is 6.49. The van der Waals surface area contributed by atoms with Crippen LogP contribution in [0, 0.1) is 5.92 Å². The number of amides is 2. The minimum Gasteiger partial charge on any atom is -0.381 e. The molecule has 36 heavy (non-hydrogen) atoms. The lowest BCUT2D eigenvalue weighted by Gasteiger charge is -2.35. The fourth-order valence-electron chi connectivity index (χ4n) is 4.71. The van der Waals surface area contributed by atoms with Gasteiger partial charge in [0, 0.05) is 54.6 Å². The third-order valence-electron chi connectivity index (χ3n) is 6.58. The lowest BCUT2D eigenvalue weighted by atomic mass is 9.91. The number of nitrogens with zero attached hydrogens (tertiary/aromatic N) is 2. The third-order valence-corrected chi connectivity index (χ3v) is 6.58. The van der Waals surface area contributed by atoms with Crippen LogP contribution in [0.25, 0.3) is 16.5 Å². The van der Waals surface area contributed by atoms with E-state index in [1.807, 2.05) is 18.2 Å². The van der Waals surface area contributed by atoms with Gasteiger partial charge in [-0.1, -0.05) is 18.2 Å². The second-order valence-electron chi connectivity index (χ2n) is 8.93. The van der Waals surface area contributed by atoms with Crippen LogP contribution in [-0.4, -0.2) is 36.6 Å². The van der Waals surface area contributed by atoms with E-state index in [2.05, 4.69) is 10.3 Å². The normalized spacial score (nSPS) is 17.8. The summed E-state index contributed by atoms with van der Waals surface area (Å²) in [4.78, 5) is 31.8. The van der Waals surface area contributed by atoms with Crippen LogP contribution in [-0.2, 0) is 20.5 Å². The molecule has 2 aliphatic rings. The standard InChI is InChI=1S/C27H24F3N3O3/c28-27(29,30)20-4-6-22-19(7-11-33(24(22)15-20)26(35)18-8-12-36-13-9-18)14-25(34)32-21-5-3-17-2-1-10-31-23(17)16-21/h1-6,10,14-16,18H,7-9,11-13H2,(H,32,34). The Balaban J connectivity index is 1.44. The van der Waals surface area contributed by atoms with Gasteiger partial charge in [0.2, 0.25) is 11.8 Å². The molecule has 3 aromatic rings. The molecule has 0 spiro atoms. The lowest BCUT2D eigenvalue weighted by Crippen LogP contribution is -2.41. The summed E-state index contributed by atoms with van der Waals surface area (Å²) in [5.41, 5.74) is 1.66. The Hall–Kier alpha value is -3.72. The van der Waals surface area contributed by atoms with Gasteiger partial charge in [0.25, 0.3) is 0 Å². The molecule has 0 atom stereocenters. The summed E-state index contributed by atoms with van der Waals surface area (Å²) in [5, 5.41) is 3.74. The maximum atomic E-state index is 13.5. The molecule has 2 aromatic carbocycles. The predicted octanol–water partition coefficient (Wildman–Crippen LogP) is 5.44. The SMILES string of the molecule is O=C(C=C1CCN(C(=O)C2CCOCC2)c2cc(C(F)(F)F)ccc21)Nc1ccc2cccnc2c1. The highest BCUT2D eigenvalue weighted by molar-refractivity contribution is 6.07. The largest absolute Gasteiger partial charge is 0.416 e. The summed E-state index contributed by atoms with van der Waals surface area (Å²) >= 11 is 0. The molecule has 9 heteroatoms. The van der Waals surface area contributed by atoms with Crippen molar-refractivity contribution in [3.63, 3.8) is 0 Å². The number of anilines is 2. The number of aromatic nitrogens is 1. The number of alkyl halides is 3. The van der Waals surface area contributed by atoms with Gasteiger partial charge in [-0.05, 0) is 55.2 Å². The number of benzene rings is 2. The van der Waals surface area contributed by atoms with Crippen LogP contribution in [0.3, 0.4) is 0 Å². The van der Waals surface area contributed by atoms with Crippen LogP contribution in [0.5, 0.6) is 0 Å². The van der Waals surface area contributed by atoms with Gasteiger partial charge < -0.3 is 15.0 Å². The number of fused-ring (bicyclic) bond motifs is 2. The maximum Gasteiger partial charge on any atom is 0.416 e. The van der Waals surface area contributed by atoms with E-state index in [1.165, 1.54) is 17.0 Å². The first-order valence-corrected chi connectivity index (χ1v) is 11.8. The van der Waals surface area contributed by atoms with Gasteiger partial charge in [0.15, 0.2) is 0 Å². The fraction of sp³-hybridized carbons (Fsp3) is 0.296. The monoisotopic (exact) mass is 495 g/mol. The molecule has 3 heterocycles. The molecule has 0 radical (unpaired) electrons. The lowest BCUT2D eigenvalue weighted by molar-refractivity contribution is -0.137. The Labute approximate surface area is 205 Å². The van der Waals surface area contributed by atoms with E-state index in [0.29, 0.717) is 49.3 Å². The van der Waals surface area contributed by atoms with Crippen molar-refractivity contribution >= 4 is 39.7 Å². The molecule has 1 fully saturated rings. The topological polar surface area (TPSA) is 71.5 Å². The summed E-state index contributed by atoms with van der Waals surface area (Å²) in [6, 6.07) is 12.4. The van der Waals surface area contributed by atoms with Gasteiger partial charge in [-0.2, -0.15) is 13.2 Å². The van der Waals surface area contributed by atoms with E-state index in [0.717, 1.165) is 23.0 Å². The molecular formula is C27H24F3N3O3. The summed E-state index contributed by atoms with van der Waals surface area (Å²) in [7, 11) is 0. The van der Waals surface area contributed by atoms with Crippen molar-refractivity contribution in [3.8, 4) is 0 Å². The number of pyridine rings is 1. The number of nitrogens with one attached hydrogen (secondary N) is 1. The number of halogens is 3. The third kappa shape index (κ3) is 4.97. The molecule has 186 valence electrons. The van der Waals surface area contributed by atoms with Crippen molar-refractivity contribution in [2.24, 2.45) is 5.92 Å². The zero-order valence-corrected chi connectivity index (χ0v) is 19.3. The Morgan fingerprint density at radius 1 is 1.08 bits per heavy atom. The van der Waals surface area contributed by atoms with Crippen molar-refractivity contribution in [2.75, 3.05) is 30.0 Å². The predicted molar refractivity (Wildman–Crippen MR) is 130 cm³/mol. The van der Waals surface area contributed by atoms with Crippen LogP contribution < -0.4 is 10.2 Å². The van der Waals surface area contributed by atoms with Gasteiger partial charge in [-0.3, -0.25) is 14.6 Å². The number of rotatable bonds is 3. The van der Waals surface area contributed by atoms with E-state index in [1.54, 1.807) is 18.3 Å². The van der Waals surface area contributed by atoms with Gasteiger partial charge in [0.1, 0.15) is 0 Å². The zero-order valence-electron chi connectivity index (χ0n) is 19.3. The van der Waals surface area contributed by atoms with Crippen LogP contribution >= 0.6 is 0 Å². The molecule has 1 aromatic heterocycles. The maximum absolute atomic E-state index is 13.5. The van der Waals surface area contributed by atoms with Crippen molar-refractivity contribution in [1.82, 2.24) is 4.98 Å². The summed E-state index contributed by atoms with van der Waals surface area (Å²) in [5.74, 6) is -0.905. The Morgan fingerprint density at radius 3 is 2.67 bits per heavy atom. The molecule has 1 saturated heterocycles. The number of hydrogen-bond acceptors (Lipinski definition) is 4. The second kappa shape index (κ2) is 9.73. The van der Waals surface area contributed by atoms with Crippen LogP contribution in [0.15, 0.2) is 60.8 Å². The molecule has 0 unspecified atom stereocenters. The molecule has 0 bridgehead atoms. The summed E-state index contributed by atoms with van der Waals surface area (Å²) in [6.45, 7) is 1.11. The Bertz CT molecular complexity index is 1350. The first kappa shape index (κ1) is 24.0. The van der Waals surface area contributed by atoms with Crippen molar-refractivity contribution in [3.05, 3.63) is 71.9 Å². The van der Waals surface area contributed by atoms with Gasteiger partial charge >= 0.3 is 6.18 Å². The van der Waals surface area contributed by atoms with E-state index in [9.17, 15) is 22.8 Å². The smallest absolute Gasteiger partial charge is 0.381 e. The van der Waals surface area contributed by atoms with Crippen molar-refractivity contribution in [2.45, 2.75) is 25.4 Å². The van der Waals surface area contributed by atoms with Gasteiger partial charge in [-0.15, -0.1) is 0 Å². The van der Waals surface area contributed by atoms with E-state index in [4.69, 9.17) is 4.74 Å². The van der Waals surface area contributed by atoms with Crippen LogP contribution in [0.1, 0.15) is 30.4 Å². The highest BCUT2D eigenvalue weighted by Gasteiger charge is 2.36. The van der Waals surface area contributed by atoms with E-state index < -0.39 is 17.6 Å². The second-order valence-corrected chi connectivity index (χ2v) is 8.93. The molecule has 2 aliphatic heterocycles. The van der Waals surface area contributed by atoms with Gasteiger partial charge in [-0.25, -0.2) is 0 Å². The number of carbonyl (C=O) groups is 2. The van der Waals surface area contributed by atoms with Gasteiger partial charge in [0.05, 0.1) is 16.8 Å². The van der Waals surface area contributed by atoms with E-state index >= 15 is 0 Å². The minimum atomic E-state index is -4.55. The number of hydrogen-bond donors (Lipinski definition) is 1. The highest BCUT2D eigenvalue weighted by Crippen LogP contribution is 2.40. The van der Waals surface area contributed by atoms with Crippen LogP contribution in [0.2, 0.25) is 0 Å². The van der Waals surface area contributed by atoms with Crippen molar-refractivity contribution < 1.29 is 27.5 Å². The fourth-order valence-corrected chi connectivity index (χ4v) is 4.71. The molecule has 6 nitrogen and oxygen atoms in total. The quantitative estimate of drug-likeness (QED) is 0.492. The molecule has 1 N–H and O–H groups in total. The molecular weight excluding hydrogens is 471 g/mol. The molecule has 2 amide bonds. The molecule has 5 rings (SSSR count).